The standard InChI is InChI=1S/C27H41NO2S/c1-6-8-10-12-21-17-24(29)26(23-16-20(5)13-14-22(23)19(3)4)25(18-21)30-27(31)28-15-11-9-7-2/h16-18,22-23,29H,3,6-15H2,1-2,4-5H3,(H,28,31)/t22-,23+/m0/s1. The zero-order chi connectivity index (χ0) is 22.8. The molecule has 2 atom stereocenters. The number of aromatic hydroxyl groups is 1. The van der Waals surface area contributed by atoms with Gasteiger partial charge in [0.1, 0.15) is 11.5 Å². The van der Waals surface area contributed by atoms with Gasteiger partial charge in [0.25, 0.3) is 5.17 Å². The van der Waals surface area contributed by atoms with E-state index < -0.39 is 0 Å². The first kappa shape index (κ1) is 25.5. The molecule has 1 aliphatic rings. The highest BCUT2D eigenvalue weighted by atomic mass is 32.1. The van der Waals surface area contributed by atoms with Crippen LogP contribution in [0.1, 0.15) is 96.1 Å². The van der Waals surface area contributed by atoms with Gasteiger partial charge in [-0.3, -0.25) is 0 Å². The molecule has 4 heteroatoms. The van der Waals surface area contributed by atoms with Gasteiger partial charge < -0.3 is 15.2 Å². The molecule has 2 rings (SSSR count). The normalized spacial score (nSPS) is 18.4. The summed E-state index contributed by atoms with van der Waals surface area (Å²) in [4.78, 5) is 0. The van der Waals surface area contributed by atoms with Gasteiger partial charge in [0.2, 0.25) is 0 Å². The Morgan fingerprint density at radius 1 is 1.19 bits per heavy atom. The lowest BCUT2D eigenvalue weighted by Crippen LogP contribution is -2.28. The molecule has 1 aromatic rings. The van der Waals surface area contributed by atoms with Crippen LogP contribution in [0.3, 0.4) is 0 Å². The number of thiocarbonyl (C=S) groups is 1. The average molecular weight is 444 g/mol. The molecule has 0 aromatic heterocycles. The predicted molar refractivity (Wildman–Crippen MR) is 136 cm³/mol. The zero-order valence-corrected chi connectivity index (χ0v) is 20.7. The molecule has 1 aromatic carbocycles. The first-order chi connectivity index (χ1) is 14.9. The topological polar surface area (TPSA) is 41.5 Å². The van der Waals surface area contributed by atoms with Crippen molar-refractivity contribution in [3.8, 4) is 11.5 Å². The van der Waals surface area contributed by atoms with Crippen LogP contribution in [0, 0.1) is 5.92 Å². The lowest BCUT2D eigenvalue weighted by Gasteiger charge is -2.32. The smallest absolute Gasteiger partial charge is 0.262 e. The quantitative estimate of drug-likeness (QED) is 0.210. The van der Waals surface area contributed by atoms with Gasteiger partial charge in [-0.05, 0) is 81.8 Å². The third-order valence-corrected chi connectivity index (χ3v) is 6.44. The molecular formula is C27H41NO2S. The molecule has 0 radical (unpaired) electrons. The fraction of sp³-hybridized carbons (Fsp3) is 0.593. The second kappa shape index (κ2) is 12.9. The number of unbranched alkanes of at least 4 members (excludes halogenated alkanes) is 4. The van der Waals surface area contributed by atoms with Gasteiger partial charge in [-0.2, -0.15) is 0 Å². The summed E-state index contributed by atoms with van der Waals surface area (Å²) in [5.74, 6) is 1.32. The SMILES string of the molecule is C=C(C)[C@@H]1CCC(C)=C[C@H]1c1c(O)cc(CCCCC)cc1OC(=S)NCCCCC. The van der Waals surface area contributed by atoms with E-state index >= 15 is 0 Å². The van der Waals surface area contributed by atoms with Crippen molar-refractivity contribution in [3.63, 3.8) is 0 Å². The number of nitrogens with one attached hydrogen (secondary N) is 1. The van der Waals surface area contributed by atoms with E-state index in [1.165, 1.54) is 31.3 Å². The Kier molecular flexibility index (Phi) is 10.6. The van der Waals surface area contributed by atoms with Gasteiger partial charge in [0, 0.05) is 18.0 Å². The summed E-state index contributed by atoms with van der Waals surface area (Å²) in [6, 6.07) is 4.00. The van der Waals surface area contributed by atoms with E-state index in [2.05, 4.69) is 51.7 Å². The number of hydrogen-bond donors (Lipinski definition) is 2. The lowest BCUT2D eigenvalue weighted by molar-refractivity contribution is 0.420. The van der Waals surface area contributed by atoms with Crippen molar-refractivity contribution >= 4 is 17.4 Å². The molecule has 0 saturated carbocycles. The van der Waals surface area contributed by atoms with Crippen molar-refractivity contribution in [2.75, 3.05) is 6.54 Å². The van der Waals surface area contributed by atoms with Crippen LogP contribution in [-0.2, 0) is 6.42 Å². The Labute approximate surface area is 195 Å². The maximum atomic E-state index is 11.1. The number of aryl methyl sites for hydroxylation is 1. The van der Waals surface area contributed by atoms with Gasteiger partial charge in [-0.25, -0.2) is 0 Å². The Morgan fingerprint density at radius 3 is 2.58 bits per heavy atom. The largest absolute Gasteiger partial charge is 0.507 e. The van der Waals surface area contributed by atoms with E-state index in [1.54, 1.807) is 0 Å². The van der Waals surface area contributed by atoms with Crippen LogP contribution in [0.15, 0.2) is 35.9 Å². The molecule has 0 bridgehead atoms. The maximum absolute atomic E-state index is 11.1. The number of phenols is 1. The zero-order valence-electron chi connectivity index (χ0n) is 19.9. The molecule has 0 aliphatic heterocycles. The minimum atomic E-state index is 0.0498. The van der Waals surface area contributed by atoms with Gasteiger partial charge >= 0.3 is 0 Å². The molecule has 0 fully saturated rings. The molecule has 0 heterocycles. The van der Waals surface area contributed by atoms with Crippen molar-refractivity contribution in [2.45, 2.75) is 91.4 Å². The second-order valence-corrected chi connectivity index (χ2v) is 9.41. The summed E-state index contributed by atoms with van der Waals surface area (Å²) in [6.45, 7) is 13.7. The minimum Gasteiger partial charge on any atom is -0.507 e. The van der Waals surface area contributed by atoms with E-state index in [9.17, 15) is 5.11 Å². The number of benzene rings is 1. The highest BCUT2D eigenvalue weighted by Crippen LogP contribution is 2.47. The van der Waals surface area contributed by atoms with Crippen LogP contribution in [0.25, 0.3) is 0 Å². The molecule has 3 nitrogen and oxygen atoms in total. The van der Waals surface area contributed by atoms with Crippen LogP contribution in [0.5, 0.6) is 11.5 Å². The summed E-state index contributed by atoms with van der Waals surface area (Å²) in [5, 5.41) is 14.7. The molecule has 0 spiro atoms. The van der Waals surface area contributed by atoms with E-state index in [0.717, 1.165) is 55.3 Å². The predicted octanol–water partition coefficient (Wildman–Crippen LogP) is 7.58. The highest BCUT2D eigenvalue weighted by molar-refractivity contribution is 7.80. The Balaban J connectivity index is 2.36. The number of ether oxygens (including phenoxy) is 1. The number of allylic oxidation sites excluding steroid dienone is 3. The number of phenolic OH excluding ortho intramolecular Hbond substituents is 1. The third kappa shape index (κ3) is 7.68. The fourth-order valence-corrected chi connectivity index (χ4v) is 4.61. The molecular weight excluding hydrogens is 402 g/mol. The maximum Gasteiger partial charge on any atom is 0.262 e. The lowest BCUT2D eigenvalue weighted by atomic mass is 9.73. The second-order valence-electron chi connectivity index (χ2n) is 9.04. The number of hydrogen-bond acceptors (Lipinski definition) is 3. The van der Waals surface area contributed by atoms with Gasteiger partial charge in [-0.1, -0.05) is 63.3 Å². The Morgan fingerprint density at radius 2 is 1.90 bits per heavy atom. The van der Waals surface area contributed by atoms with Gasteiger partial charge in [-0.15, -0.1) is 0 Å². The first-order valence-electron chi connectivity index (χ1n) is 12.0. The molecule has 0 amide bonds. The Hall–Kier alpha value is -1.81. The van der Waals surface area contributed by atoms with Crippen molar-refractivity contribution in [3.05, 3.63) is 47.1 Å². The molecule has 0 saturated heterocycles. The minimum absolute atomic E-state index is 0.0498. The van der Waals surface area contributed by atoms with Crippen LogP contribution in [-0.4, -0.2) is 16.8 Å². The summed E-state index contributed by atoms with van der Waals surface area (Å²) in [7, 11) is 0. The van der Waals surface area contributed by atoms with Crippen molar-refractivity contribution in [2.24, 2.45) is 5.92 Å². The van der Waals surface area contributed by atoms with E-state index in [-0.39, 0.29) is 11.8 Å². The summed E-state index contributed by atoms with van der Waals surface area (Å²) >= 11 is 5.50. The van der Waals surface area contributed by atoms with Gasteiger partial charge in [0.15, 0.2) is 0 Å². The highest BCUT2D eigenvalue weighted by Gasteiger charge is 2.31. The van der Waals surface area contributed by atoms with Crippen LogP contribution < -0.4 is 10.1 Å². The number of rotatable bonds is 11. The Bertz CT molecular complexity index is 784. The van der Waals surface area contributed by atoms with Crippen LogP contribution in [0.4, 0.5) is 0 Å². The van der Waals surface area contributed by atoms with Crippen molar-refractivity contribution in [1.29, 1.82) is 0 Å². The monoisotopic (exact) mass is 443 g/mol. The average Bonchev–Trinajstić information content (AvgIpc) is 2.71. The summed E-state index contributed by atoms with van der Waals surface area (Å²) in [6.07, 6.45) is 12.2. The molecule has 0 unspecified atom stereocenters. The van der Waals surface area contributed by atoms with E-state index in [0.29, 0.717) is 16.7 Å². The van der Waals surface area contributed by atoms with Crippen molar-refractivity contribution < 1.29 is 9.84 Å². The third-order valence-electron chi connectivity index (χ3n) is 6.21. The van der Waals surface area contributed by atoms with Crippen LogP contribution >= 0.6 is 12.2 Å². The van der Waals surface area contributed by atoms with E-state index in [4.69, 9.17) is 17.0 Å². The molecule has 172 valence electrons. The molecule has 1 aliphatic carbocycles. The molecule has 31 heavy (non-hydrogen) atoms. The summed E-state index contributed by atoms with van der Waals surface area (Å²) in [5.41, 5.74) is 4.43. The summed E-state index contributed by atoms with van der Waals surface area (Å²) < 4.78 is 6.17. The first-order valence-corrected chi connectivity index (χ1v) is 12.4. The fourth-order valence-electron chi connectivity index (χ4n) is 4.42. The van der Waals surface area contributed by atoms with Crippen LogP contribution in [0.2, 0.25) is 0 Å². The van der Waals surface area contributed by atoms with Crippen molar-refractivity contribution in [1.82, 2.24) is 5.32 Å². The van der Waals surface area contributed by atoms with E-state index in [1.807, 2.05) is 6.07 Å². The van der Waals surface area contributed by atoms with Gasteiger partial charge in [0.05, 0.1) is 0 Å². The molecule has 2 N–H and O–H groups in total.